The molecule has 0 aliphatic rings. The van der Waals surface area contributed by atoms with E-state index in [4.69, 9.17) is 15.0 Å². The quantitative estimate of drug-likeness (QED) is 0.162. The van der Waals surface area contributed by atoms with E-state index < -0.39 is 0 Å². The lowest BCUT2D eigenvalue weighted by Gasteiger charge is -2.14. The van der Waals surface area contributed by atoms with E-state index in [1.807, 2.05) is 53.8 Å². The minimum atomic E-state index is 0.636. The number of hydrogen-bond donors (Lipinski definition) is 0. The van der Waals surface area contributed by atoms with Gasteiger partial charge in [-0.05, 0) is 67.4 Å². The van der Waals surface area contributed by atoms with Crippen LogP contribution >= 0.6 is 11.3 Å². The van der Waals surface area contributed by atoms with Crippen LogP contribution in [0.15, 0.2) is 212 Å². The van der Waals surface area contributed by atoms with Crippen molar-refractivity contribution in [1.29, 1.82) is 0 Å². The summed E-state index contributed by atoms with van der Waals surface area (Å²) in [6.07, 6.45) is 0. The molecule has 0 spiro atoms. The van der Waals surface area contributed by atoms with E-state index in [1.54, 1.807) is 0 Å². The molecule has 0 saturated heterocycles. The molecule has 2 aromatic heterocycles. The van der Waals surface area contributed by atoms with Gasteiger partial charge in [-0.15, -0.1) is 11.3 Å². The van der Waals surface area contributed by atoms with E-state index in [0.29, 0.717) is 17.5 Å². The molecule has 0 radical (unpaired) electrons. The summed E-state index contributed by atoms with van der Waals surface area (Å²) in [4.78, 5) is 15.1. The average molecular weight is 770 g/mol. The van der Waals surface area contributed by atoms with Gasteiger partial charge in [0.25, 0.3) is 0 Å². The maximum atomic E-state index is 5.09. The molecular weight excluding hydrogens is 735 g/mol. The largest absolute Gasteiger partial charge is 0.208 e. The van der Waals surface area contributed by atoms with Crippen LogP contribution in [0.25, 0.3) is 110 Å². The summed E-state index contributed by atoms with van der Waals surface area (Å²) in [6, 6.07) is 75.2. The molecular formula is C55H35N3S. The fourth-order valence-corrected chi connectivity index (χ4v) is 9.46. The van der Waals surface area contributed by atoms with E-state index in [-0.39, 0.29) is 0 Å². The van der Waals surface area contributed by atoms with Crippen LogP contribution < -0.4 is 0 Å². The first-order valence-corrected chi connectivity index (χ1v) is 20.7. The van der Waals surface area contributed by atoms with Gasteiger partial charge in [0.1, 0.15) is 0 Å². The van der Waals surface area contributed by atoms with Crippen molar-refractivity contribution in [3.05, 3.63) is 212 Å². The maximum absolute atomic E-state index is 5.09. The number of nitrogens with zero attached hydrogens (tertiary/aromatic N) is 3. The fourth-order valence-electron chi connectivity index (χ4n) is 8.33. The van der Waals surface area contributed by atoms with E-state index in [1.165, 1.54) is 53.2 Å². The molecule has 276 valence electrons. The molecule has 9 aromatic carbocycles. The van der Waals surface area contributed by atoms with E-state index in [9.17, 15) is 0 Å². The smallest absolute Gasteiger partial charge is 0.164 e. The summed E-state index contributed by atoms with van der Waals surface area (Å²) in [5.41, 5.74) is 12.3. The summed E-state index contributed by atoms with van der Waals surface area (Å²) in [7, 11) is 0. The second-order valence-electron chi connectivity index (χ2n) is 14.7. The standard InChI is InChI=1S/C55H35N3S/c1-3-14-38(15-4-1)42-18-7-10-21-48(42)55-57-53(40-16-5-2-6-17-40)56-54(58-55)41-32-28-37(29-33-41)36-26-30-39(31-27-36)43-34-35-46(45-20-9-8-19-44(43)45)47-23-13-25-51-52(47)49-22-11-12-24-50(49)59-51/h1-35H. The zero-order valence-corrected chi connectivity index (χ0v) is 32.8. The summed E-state index contributed by atoms with van der Waals surface area (Å²) in [6.45, 7) is 0. The van der Waals surface area contributed by atoms with Gasteiger partial charge in [-0.3, -0.25) is 0 Å². The SMILES string of the molecule is c1ccc(-c2nc(-c3ccc(-c4ccc(-c5ccc(-c6cccc7sc8ccccc8c67)c6ccccc56)cc4)cc3)nc(-c3ccccc3-c3ccccc3)n2)cc1. The van der Waals surface area contributed by atoms with Crippen molar-refractivity contribution >= 4 is 42.3 Å². The molecule has 0 N–H and O–H groups in total. The highest BCUT2D eigenvalue weighted by molar-refractivity contribution is 7.25. The first-order valence-electron chi connectivity index (χ1n) is 19.9. The highest BCUT2D eigenvalue weighted by Gasteiger charge is 2.17. The van der Waals surface area contributed by atoms with Gasteiger partial charge >= 0.3 is 0 Å². The van der Waals surface area contributed by atoms with Gasteiger partial charge in [0.05, 0.1) is 0 Å². The molecule has 0 amide bonds. The van der Waals surface area contributed by atoms with E-state index in [0.717, 1.165) is 38.9 Å². The van der Waals surface area contributed by atoms with Crippen LogP contribution in [0.3, 0.4) is 0 Å². The average Bonchev–Trinajstić information content (AvgIpc) is 3.71. The topological polar surface area (TPSA) is 38.7 Å². The van der Waals surface area contributed by atoms with E-state index >= 15 is 0 Å². The summed E-state index contributed by atoms with van der Waals surface area (Å²) >= 11 is 1.87. The number of fused-ring (bicyclic) bond motifs is 4. The summed E-state index contributed by atoms with van der Waals surface area (Å²) < 4.78 is 2.64. The first-order chi connectivity index (χ1) is 29.2. The first kappa shape index (κ1) is 34.7. The van der Waals surface area contributed by atoms with Gasteiger partial charge in [-0.1, -0.05) is 200 Å². The minimum Gasteiger partial charge on any atom is -0.208 e. The Morgan fingerprint density at radius 2 is 0.678 bits per heavy atom. The number of thiophene rings is 1. The molecule has 59 heavy (non-hydrogen) atoms. The molecule has 0 saturated carbocycles. The van der Waals surface area contributed by atoms with Gasteiger partial charge < -0.3 is 0 Å². The Hall–Kier alpha value is -7.53. The molecule has 2 heterocycles. The predicted molar refractivity (Wildman–Crippen MR) is 248 cm³/mol. The zero-order valence-electron chi connectivity index (χ0n) is 32.0. The normalized spacial score (nSPS) is 11.4. The number of aromatic nitrogens is 3. The van der Waals surface area contributed by atoms with Crippen molar-refractivity contribution in [2.75, 3.05) is 0 Å². The van der Waals surface area contributed by atoms with Gasteiger partial charge in [0.2, 0.25) is 0 Å². The Morgan fingerprint density at radius 1 is 0.237 bits per heavy atom. The molecule has 0 unspecified atom stereocenters. The van der Waals surface area contributed by atoms with Gasteiger partial charge in [0.15, 0.2) is 17.5 Å². The Bertz CT molecular complexity index is 3300. The van der Waals surface area contributed by atoms with Crippen LogP contribution in [0.4, 0.5) is 0 Å². The van der Waals surface area contributed by atoms with Crippen LogP contribution in [-0.4, -0.2) is 15.0 Å². The molecule has 4 heteroatoms. The molecule has 11 rings (SSSR count). The van der Waals surface area contributed by atoms with Crippen LogP contribution in [-0.2, 0) is 0 Å². The highest BCUT2D eigenvalue weighted by Crippen LogP contribution is 2.43. The van der Waals surface area contributed by atoms with Crippen molar-refractivity contribution < 1.29 is 0 Å². The molecule has 0 aliphatic heterocycles. The van der Waals surface area contributed by atoms with Crippen molar-refractivity contribution in [1.82, 2.24) is 15.0 Å². The molecule has 0 fully saturated rings. The molecule has 3 nitrogen and oxygen atoms in total. The van der Waals surface area contributed by atoms with Gasteiger partial charge in [-0.25, -0.2) is 15.0 Å². The van der Waals surface area contributed by atoms with Crippen LogP contribution in [0.1, 0.15) is 0 Å². The van der Waals surface area contributed by atoms with Crippen LogP contribution in [0.2, 0.25) is 0 Å². The molecule has 0 bridgehead atoms. The minimum absolute atomic E-state index is 0.636. The van der Waals surface area contributed by atoms with Crippen molar-refractivity contribution in [2.45, 2.75) is 0 Å². The fraction of sp³-hybridized carbons (Fsp3) is 0. The number of rotatable bonds is 7. The third kappa shape index (κ3) is 6.37. The van der Waals surface area contributed by atoms with Crippen LogP contribution in [0, 0.1) is 0 Å². The third-order valence-corrected chi connectivity index (χ3v) is 12.3. The number of hydrogen-bond acceptors (Lipinski definition) is 4. The van der Waals surface area contributed by atoms with Crippen molar-refractivity contribution in [2.24, 2.45) is 0 Å². The molecule has 0 atom stereocenters. The van der Waals surface area contributed by atoms with E-state index in [2.05, 4.69) is 170 Å². The Kier molecular flexibility index (Phi) is 8.68. The second kappa shape index (κ2) is 14.8. The lowest BCUT2D eigenvalue weighted by Crippen LogP contribution is -2.01. The number of benzene rings is 9. The van der Waals surface area contributed by atoms with Crippen molar-refractivity contribution in [3.63, 3.8) is 0 Å². The zero-order chi connectivity index (χ0) is 39.1. The molecule has 0 aliphatic carbocycles. The summed E-state index contributed by atoms with van der Waals surface area (Å²) in [5, 5.41) is 5.16. The van der Waals surface area contributed by atoms with Crippen molar-refractivity contribution in [3.8, 4) is 78.7 Å². The van der Waals surface area contributed by atoms with Crippen LogP contribution in [0.5, 0.6) is 0 Å². The molecule has 11 aromatic rings. The predicted octanol–water partition coefficient (Wildman–Crippen LogP) is 15.1. The Labute approximate surface area is 346 Å². The third-order valence-electron chi connectivity index (χ3n) is 11.2. The summed E-state index contributed by atoms with van der Waals surface area (Å²) in [5.74, 6) is 1.92. The Balaban J connectivity index is 0.931. The lowest BCUT2D eigenvalue weighted by molar-refractivity contribution is 1.07. The van der Waals surface area contributed by atoms with Gasteiger partial charge in [-0.2, -0.15) is 0 Å². The van der Waals surface area contributed by atoms with Gasteiger partial charge in [0, 0.05) is 36.9 Å². The Morgan fingerprint density at radius 3 is 1.37 bits per heavy atom. The highest BCUT2D eigenvalue weighted by atomic mass is 32.1. The maximum Gasteiger partial charge on any atom is 0.164 e. The monoisotopic (exact) mass is 769 g/mol. The lowest BCUT2D eigenvalue weighted by atomic mass is 9.90. The second-order valence-corrected chi connectivity index (χ2v) is 15.8.